The number of nitrogens with zero attached hydrogens (tertiary/aromatic N) is 2. The first-order valence-corrected chi connectivity index (χ1v) is 9.05. The van der Waals surface area contributed by atoms with E-state index in [1.54, 1.807) is 11.0 Å². The average molecular weight is 423 g/mol. The number of nitriles is 1. The summed E-state index contributed by atoms with van der Waals surface area (Å²) in [6.07, 6.45) is -4.56. The molecule has 1 fully saturated rings. The van der Waals surface area contributed by atoms with Crippen LogP contribution in [0.15, 0.2) is 30.3 Å². The third-order valence-electron chi connectivity index (χ3n) is 5.21. The summed E-state index contributed by atoms with van der Waals surface area (Å²) in [4.78, 5) is 13.2. The van der Waals surface area contributed by atoms with Crippen molar-refractivity contribution in [2.24, 2.45) is 0 Å². The van der Waals surface area contributed by atoms with Gasteiger partial charge in [-0.15, -0.1) is 0 Å². The van der Waals surface area contributed by atoms with E-state index in [1.807, 2.05) is 5.32 Å². The minimum absolute atomic E-state index is 0.000940. The van der Waals surface area contributed by atoms with Crippen molar-refractivity contribution in [2.45, 2.75) is 31.1 Å². The Morgan fingerprint density at radius 1 is 1.20 bits per heavy atom. The van der Waals surface area contributed by atoms with Gasteiger partial charge in [-0.05, 0) is 31.0 Å². The molecule has 2 aromatic rings. The minimum Gasteiger partial charge on any atom is -0.455 e. The molecule has 2 aromatic carbocycles. The summed E-state index contributed by atoms with van der Waals surface area (Å²) in [5.74, 6) is -3.70. The first-order valence-electron chi connectivity index (χ1n) is 9.05. The third kappa shape index (κ3) is 3.30. The molecule has 4 rings (SSSR count). The van der Waals surface area contributed by atoms with Gasteiger partial charge in [0.1, 0.15) is 23.5 Å². The molecule has 2 atom stereocenters. The highest BCUT2D eigenvalue weighted by Crippen LogP contribution is 2.49. The van der Waals surface area contributed by atoms with Crippen molar-refractivity contribution < 1.29 is 31.5 Å². The van der Waals surface area contributed by atoms with E-state index in [9.17, 15) is 32.0 Å². The number of piperidine rings is 1. The summed E-state index contributed by atoms with van der Waals surface area (Å²) < 4.78 is 73.3. The Kier molecular flexibility index (Phi) is 4.76. The number of amides is 1. The first kappa shape index (κ1) is 19.9. The molecule has 156 valence electrons. The maximum absolute atomic E-state index is 14.8. The highest BCUT2D eigenvalue weighted by atomic mass is 19.4. The molecule has 0 radical (unpaired) electrons. The van der Waals surface area contributed by atoms with Crippen molar-refractivity contribution in [3.63, 3.8) is 0 Å². The number of halogens is 5. The Morgan fingerprint density at radius 2 is 1.97 bits per heavy atom. The molecule has 1 N–H and O–H groups in total. The molecular weight excluding hydrogens is 409 g/mol. The van der Waals surface area contributed by atoms with Crippen LogP contribution in [0.4, 0.5) is 27.6 Å². The SMILES string of the molecule is N#Cc1cc2c(cc1F)Oc1cccc(F)c1[C@@H]1[C@H](NC(=O)C(F)(F)F)CCCN21. The summed E-state index contributed by atoms with van der Waals surface area (Å²) >= 11 is 0. The molecule has 2 heterocycles. The van der Waals surface area contributed by atoms with E-state index in [-0.39, 0.29) is 41.3 Å². The second-order valence-corrected chi connectivity index (χ2v) is 7.02. The number of hydrogen-bond donors (Lipinski definition) is 1. The second kappa shape index (κ2) is 7.16. The molecule has 0 aliphatic carbocycles. The van der Waals surface area contributed by atoms with Crippen LogP contribution in [-0.4, -0.2) is 24.7 Å². The number of rotatable bonds is 1. The number of alkyl halides is 3. The van der Waals surface area contributed by atoms with E-state index in [4.69, 9.17) is 4.74 Å². The van der Waals surface area contributed by atoms with Crippen molar-refractivity contribution in [2.75, 3.05) is 11.4 Å². The van der Waals surface area contributed by atoms with Gasteiger partial charge in [0, 0.05) is 12.6 Å². The number of carbonyl (C=O) groups is 1. The van der Waals surface area contributed by atoms with Gasteiger partial charge in [-0.25, -0.2) is 8.78 Å². The molecule has 30 heavy (non-hydrogen) atoms. The van der Waals surface area contributed by atoms with Crippen LogP contribution in [0.25, 0.3) is 0 Å². The van der Waals surface area contributed by atoms with Gasteiger partial charge in [0.25, 0.3) is 0 Å². The Bertz CT molecular complexity index is 1060. The van der Waals surface area contributed by atoms with Crippen LogP contribution in [0.5, 0.6) is 11.5 Å². The molecule has 0 aromatic heterocycles. The zero-order valence-electron chi connectivity index (χ0n) is 15.3. The smallest absolute Gasteiger partial charge is 0.455 e. The van der Waals surface area contributed by atoms with Gasteiger partial charge in [0.05, 0.1) is 28.9 Å². The van der Waals surface area contributed by atoms with E-state index in [0.717, 1.165) is 12.1 Å². The lowest BCUT2D eigenvalue weighted by molar-refractivity contribution is -0.174. The standard InChI is InChI=1S/C20H14F5N3O2/c21-11-3-1-5-15-17(11)18-13(27-19(29)20(23,24)25)4-2-6-28(18)14-7-10(9-26)12(22)8-16(14)30-15/h1,3,5,7-8,13,18H,2,4,6H2,(H,27,29)/t13-,18+/m1/s1. The number of benzene rings is 2. The molecular formula is C20H14F5N3O2. The van der Waals surface area contributed by atoms with Gasteiger partial charge in [-0.1, -0.05) is 6.07 Å². The van der Waals surface area contributed by atoms with Gasteiger partial charge >= 0.3 is 12.1 Å². The third-order valence-corrected chi connectivity index (χ3v) is 5.21. The van der Waals surface area contributed by atoms with Gasteiger partial charge in [-0.2, -0.15) is 18.4 Å². The normalized spacial score (nSPS) is 20.1. The summed E-state index contributed by atoms with van der Waals surface area (Å²) in [6.45, 7) is 0.281. The number of hydrogen-bond acceptors (Lipinski definition) is 4. The Hall–Kier alpha value is -3.35. The topological polar surface area (TPSA) is 65.4 Å². The van der Waals surface area contributed by atoms with Gasteiger partial charge in [0.15, 0.2) is 5.75 Å². The van der Waals surface area contributed by atoms with E-state index in [0.29, 0.717) is 6.42 Å². The number of carbonyl (C=O) groups excluding carboxylic acids is 1. The number of nitrogens with one attached hydrogen (secondary N) is 1. The largest absolute Gasteiger partial charge is 0.471 e. The quantitative estimate of drug-likeness (QED) is 0.694. The highest BCUT2D eigenvalue weighted by Gasteiger charge is 2.45. The first-order chi connectivity index (χ1) is 14.2. The van der Waals surface area contributed by atoms with E-state index >= 15 is 0 Å². The number of anilines is 1. The van der Waals surface area contributed by atoms with Crippen molar-refractivity contribution in [3.05, 3.63) is 53.1 Å². The van der Waals surface area contributed by atoms with Gasteiger partial charge in [-0.3, -0.25) is 4.79 Å². The number of ether oxygens (including phenoxy) is 1. The maximum atomic E-state index is 14.8. The van der Waals surface area contributed by atoms with Crippen molar-refractivity contribution in [1.82, 2.24) is 5.32 Å². The van der Waals surface area contributed by atoms with Gasteiger partial charge < -0.3 is 15.0 Å². The molecule has 2 aliphatic heterocycles. The highest BCUT2D eigenvalue weighted by molar-refractivity contribution is 5.82. The zero-order chi connectivity index (χ0) is 21.6. The monoisotopic (exact) mass is 423 g/mol. The maximum Gasteiger partial charge on any atom is 0.471 e. The Balaban J connectivity index is 1.89. The van der Waals surface area contributed by atoms with Crippen LogP contribution in [0, 0.1) is 23.0 Å². The molecule has 1 saturated heterocycles. The van der Waals surface area contributed by atoms with Crippen LogP contribution >= 0.6 is 0 Å². The fourth-order valence-electron chi connectivity index (χ4n) is 3.97. The van der Waals surface area contributed by atoms with Crippen LogP contribution in [0.1, 0.15) is 30.0 Å². The fraction of sp³-hybridized carbons (Fsp3) is 0.300. The lowest BCUT2D eigenvalue weighted by Crippen LogP contribution is -2.53. The zero-order valence-corrected chi connectivity index (χ0v) is 15.3. The number of fused-ring (bicyclic) bond motifs is 5. The van der Waals surface area contributed by atoms with Crippen molar-refractivity contribution in [3.8, 4) is 17.6 Å². The lowest BCUT2D eigenvalue weighted by atomic mass is 9.89. The van der Waals surface area contributed by atoms with Crippen molar-refractivity contribution >= 4 is 11.6 Å². The van der Waals surface area contributed by atoms with Crippen LogP contribution < -0.4 is 15.0 Å². The summed E-state index contributed by atoms with van der Waals surface area (Å²) in [6, 6.07) is 5.69. The Labute approximate surface area is 167 Å². The van der Waals surface area contributed by atoms with E-state index in [2.05, 4.69) is 0 Å². The summed E-state index contributed by atoms with van der Waals surface area (Å²) in [7, 11) is 0. The predicted octanol–water partition coefficient (Wildman–Crippen LogP) is 4.33. The minimum atomic E-state index is -5.10. The van der Waals surface area contributed by atoms with Gasteiger partial charge in [0.2, 0.25) is 0 Å². The molecule has 0 spiro atoms. The van der Waals surface area contributed by atoms with Crippen LogP contribution in [0.3, 0.4) is 0 Å². The molecule has 2 aliphatic rings. The van der Waals surface area contributed by atoms with E-state index < -0.39 is 35.8 Å². The fourth-order valence-corrected chi connectivity index (χ4v) is 3.97. The Morgan fingerprint density at radius 3 is 2.67 bits per heavy atom. The molecule has 0 unspecified atom stereocenters. The van der Waals surface area contributed by atoms with Crippen LogP contribution in [-0.2, 0) is 4.79 Å². The summed E-state index contributed by atoms with van der Waals surface area (Å²) in [5, 5.41) is 11.1. The molecule has 10 heteroatoms. The second-order valence-electron chi connectivity index (χ2n) is 7.02. The van der Waals surface area contributed by atoms with Crippen molar-refractivity contribution in [1.29, 1.82) is 5.26 Å². The van der Waals surface area contributed by atoms with E-state index in [1.165, 1.54) is 18.2 Å². The van der Waals surface area contributed by atoms with Crippen LogP contribution in [0.2, 0.25) is 0 Å². The predicted molar refractivity (Wildman–Crippen MR) is 94.9 cm³/mol. The molecule has 0 saturated carbocycles. The summed E-state index contributed by atoms with van der Waals surface area (Å²) in [5.41, 5.74) is -0.0942. The molecule has 1 amide bonds. The molecule has 0 bridgehead atoms. The average Bonchev–Trinajstić information content (AvgIpc) is 2.82. The lowest BCUT2D eigenvalue weighted by Gasteiger charge is -2.42. The molecule has 5 nitrogen and oxygen atoms in total.